The molecule has 1 unspecified atom stereocenters. The molecule has 1 aromatic rings. The molecule has 0 spiro atoms. The zero-order valence-corrected chi connectivity index (χ0v) is 10.4. The molecule has 1 atom stereocenters. The second kappa shape index (κ2) is 5.53. The second-order valence-corrected chi connectivity index (χ2v) is 3.78. The van der Waals surface area contributed by atoms with Gasteiger partial charge in [-0.1, -0.05) is 6.92 Å². The highest BCUT2D eigenvalue weighted by Gasteiger charge is 2.14. The van der Waals surface area contributed by atoms with Crippen LogP contribution >= 0.6 is 0 Å². The lowest BCUT2D eigenvalue weighted by Crippen LogP contribution is -2.37. The van der Waals surface area contributed by atoms with Crippen molar-refractivity contribution in [2.24, 2.45) is 7.05 Å². The number of anilines is 1. The summed E-state index contributed by atoms with van der Waals surface area (Å²) in [5.74, 6) is 0.00778. The molecule has 0 aromatic carbocycles. The van der Waals surface area contributed by atoms with Crippen LogP contribution in [-0.2, 0) is 18.3 Å². The summed E-state index contributed by atoms with van der Waals surface area (Å²) in [6.07, 6.45) is 2.75. The predicted molar refractivity (Wildman–Crippen MR) is 64.4 cm³/mol. The van der Waals surface area contributed by atoms with Gasteiger partial charge in [-0.05, 0) is 20.3 Å². The van der Waals surface area contributed by atoms with E-state index < -0.39 is 0 Å². The molecule has 5 nitrogen and oxygen atoms in total. The molecule has 0 saturated heterocycles. The fourth-order valence-corrected chi connectivity index (χ4v) is 1.54. The average molecular weight is 224 g/mol. The number of amides is 1. The Kier molecular flexibility index (Phi) is 4.34. The minimum Gasteiger partial charge on any atom is -0.371 e. The second-order valence-electron chi connectivity index (χ2n) is 3.78. The van der Waals surface area contributed by atoms with Crippen molar-refractivity contribution in [1.82, 2.24) is 15.1 Å². The van der Waals surface area contributed by atoms with Crippen molar-refractivity contribution in [2.45, 2.75) is 33.2 Å². The summed E-state index contributed by atoms with van der Waals surface area (Å²) in [7, 11) is 1.88. The van der Waals surface area contributed by atoms with Crippen molar-refractivity contribution in [3.63, 3.8) is 0 Å². The fourth-order valence-electron chi connectivity index (χ4n) is 1.54. The summed E-state index contributed by atoms with van der Waals surface area (Å²) in [6, 6.07) is -0.241. The van der Waals surface area contributed by atoms with E-state index in [0.29, 0.717) is 6.54 Å². The molecule has 0 aliphatic carbocycles. The minimum absolute atomic E-state index is 0.00778. The molecule has 1 rings (SSSR count). The van der Waals surface area contributed by atoms with E-state index in [2.05, 4.69) is 15.7 Å². The van der Waals surface area contributed by atoms with Crippen molar-refractivity contribution in [2.75, 3.05) is 11.9 Å². The van der Waals surface area contributed by atoms with Crippen LogP contribution in [0.25, 0.3) is 0 Å². The molecule has 1 heterocycles. The lowest BCUT2D eigenvalue weighted by molar-refractivity contribution is -0.121. The molecule has 0 saturated carbocycles. The van der Waals surface area contributed by atoms with Crippen LogP contribution in [-0.4, -0.2) is 28.3 Å². The van der Waals surface area contributed by atoms with Crippen molar-refractivity contribution in [3.8, 4) is 0 Å². The molecular formula is C11H20N4O. The van der Waals surface area contributed by atoms with Crippen LogP contribution in [0.15, 0.2) is 6.20 Å². The summed E-state index contributed by atoms with van der Waals surface area (Å²) in [4.78, 5) is 11.6. The van der Waals surface area contributed by atoms with E-state index in [1.165, 1.54) is 0 Å². The maximum absolute atomic E-state index is 11.6. The van der Waals surface area contributed by atoms with Crippen LogP contribution in [0.5, 0.6) is 0 Å². The number of likely N-dealkylation sites (N-methyl/N-ethyl adjacent to an activating group) is 1. The van der Waals surface area contributed by atoms with Crippen molar-refractivity contribution < 1.29 is 4.79 Å². The highest BCUT2D eigenvalue weighted by molar-refractivity contribution is 5.84. The highest BCUT2D eigenvalue weighted by atomic mass is 16.2. The molecule has 0 bridgehead atoms. The number of nitrogens with one attached hydrogen (secondary N) is 2. The minimum atomic E-state index is -0.241. The summed E-state index contributed by atoms with van der Waals surface area (Å²) < 4.78 is 1.76. The van der Waals surface area contributed by atoms with Gasteiger partial charge in [0.05, 0.1) is 11.4 Å². The van der Waals surface area contributed by atoms with Crippen molar-refractivity contribution in [3.05, 3.63) is 11.9 Å². The molecule has 90 valence electrons. The summed E-state index contributed by atoms with van der Waals surface area (Å²) in [5.41, 5.74) is 1.92. The third-order valence-electron chi connectivity index (χ3n) is 2.36. The van der Waals surface area contributed by atoms with E-state index in [1.807, 2.05) is 34.0 Å². The molecule has 0 aliphatic rings. The number of hydrogen-bond donors (Lipinski definition) is 2. The van der Waals surface area contributed by atoms with Gasteiger partial charge in [0.25, 0.3) is 0 Å². The molecule has 0 aliphatic heterocycles. The lowest BCUT2D eigenvalue weighted by atomic mass is 10.2. The van der Waals surface area contributed by atoms with E-state index in [-0.39, 0.29) is 11.9 Å². The lowest BCUT2D eigenvalue weighted by Gasteiger charge is -2.13. The predicted octanol–water partition coefficient (Wildman–Crippen LogP) is 0.919. The van der Waals surface area contributed by atoms with E-state index in [4.69, 9.17) is 0 Å². The topological polar surface area (TPSA) is 59.0 Å². The van der Waals surface area contributed by atoms with Gasteiger partial charge in [-0.3, -0.25) is 9.48 Å². The first-order valence-electron chi connectivity index (χ1n) is 5.65. The number of aromatic nitrogens is 2. The van der Waals surface area contributed by atoms with Crippen LogP contribution in [0.2, 0.25) is 0 Å². The van der Waals surface area contributed by atoms with Gasteiger partial charge < -0.3 is 10.6 Å². The zero-order valence-electron chi connectivity index (χ0n) is 10.4. The Morgan fingerprint density at radius 3 is 2.81 bits per heavy atom. The van der Waals surface area contributed by atoms with Gasteiger partial charge in [0, 0.05) is 19.8 Å². The quantitative estimate of drug-likeness (QED) is 0.782. The molecular weight excluding hydrogens is 204 g/mol. The standard InChI is InChI=1S/C11H20N4O/c1-5-9-10(7-15(4)14-9)13-8(3)11(16)12-6-2/h7-8,13H,5-6H2,1-4H3,(H,12,16). The van der Waals surface area contributed by atoms with Gasteiger partial charge in [0.2, 0.25) is 5.91 Å². The Morgan fingerprint density at radius 1 is 1.56 bits per heavy atom. The van der Waals surface area contributed by atoms with Crippen LogP contribution in [0.4, 0.5) is 5.69 Å². The molecule has 0 fully saturated rings. The first-order valence-corrected chi connectivity index (χ1v) is 5.65. The first kappa shape index (κ1) is 12.5. The third kappa shape index (κ3) is 2.98. The van der Waals surface area contributed by atoms with Crippen molar-refractivity contribution in [1.29, 1.82) is 0 Å². The normalized spacial score (nSPS) is 12.2. The van der Waals surface area contributed by atoms with Gasteiger partial charge in [0.1, 0.15) is 6.04 Å². The van der Waals surface area contributed by atoms with E-state index >= 15 is 0 Å². The largest absolute Gasteiger partial charge is 0.371 e. The SMILES string of the molecule is CCNC(=O)C(C)Nc1cn(C)nc1CC. The third-order valence-corrected chi connectivity index (χ3v) is 2.36. The summed E-state index contributed by atoms with van der Waals surface area (Å²) in [5, 5.41) is 10.3. The Hall–Kier alpha value is -1.52. The monoisotopic (exact) mass is 224 g/mol. The van der Waals surface area contributed by atoms with Crippen LogP contribution in [0.1, 0.15) is 26.5 Å². The van der Waals surface area contributed by atoms with Gasteiger partial charge in [-0.25, -0.2) is 0 Å². The Morgan fingerprint density at radius 2 is 2.25 bits per heavy atom. The average Bonchev–Trinajstić information content (AvgIpc) is 2.59. The highest BCUT2D eigenvalue weighted by Crippen LogP contribution is 2.14. The molecule has 2 N–H and O–H groups in total. The number of carbonyl (C=O) groups excluding carboxylic acids is 1. The van der Waals surface area contributed by atoms with E-state index in [1.54, 1.807) is 4.68 Å². The number of hydrogen-bond acceptors (Lipinski definition) is 3. The molecule has 16 heavy (non-hydrogen) atoms. The first-order chi connectivity index (χ1) is 7.58. The Labute approximate surface area is 96.2 Å². The maximum Gasteiger partial charge on any atom is 0.242 e. The van der Waals surface area contributed by atoms with Gasteiger partial charge in [-0.15, -0.1) is 0 Å². The maximum atomic E-state index is 11.6. The molecule has 1 aromatic heterocycles. The van der Waals surface area contributed by atoms with E-state index in [0.717, 1.165) is 17.8 Å². The zero-order chi connectivity index (χ0) is 12.1. The fraction of sp³-hybridized carbons (Fsp3) is 0.636. The Bertz CT molecular complexity index is 359. The molecule has 5 heteroatoms. The number of nitrogens with zero attached hydrogens (tertiary/aromatic N) is 2. The molecule has 1 amide bonds. The number of aryl methyl sites for hydroxylation is 2. The van der Waals surface area contributed by atoms with E-state index in [9.17, 15) is 4.79 Å². The van der Waals surface area contributed by atoms with Gasteiger partial charge in [-0.2, -0.15) is 5.10 Å². The number of rotatable bonds is 5. The Balaban J connectivity index is 2.68. The summed E-state index contributed by atoms with van der Waals surface area (Å²) >= 11 is 0. The van der Waals surface area contributed by atoms with Crippen molar-refractivity contribution >= 4 is 11.6 Å². The summed E-state index contributed by atoms with van der Waals surface area (Å²) in [6.45, 7) is 6.45. The van der Waals surface area contributed by atoms with Gasteiger partial charge >= 0.3 is 0 Å². The van der Waals surface area contributed by atoms with Crippen LogP contribution in [0.3, 0.4) is 0 Å². The molecule has 0 radical (unpaired) electrons. The van der Waals surface area contributed by atoms with Crippen LogP contribution < -0.4 is 10.6 Å². The van der Waals surface area contributed by atoms with Crippen LogP contribution in [0, 0.1) is 0 Å². The number of carbonyl (C=O) groups is 1. The smallest absolute Gasteiger partial charge is 0.242 e. The van der Waals surface area contributed by atoms with Gasteiger partial charge in [0.15, 0.2) is 0 Å².